The Morgan fingerprint density at radius 3 is 2.64 bits per heavy atom. The smallest absolute Gasteiger partial charge is 0.240 e. The number of aromatic nitrogens is 2. The molecule has 1 aliphatic carbocycles. The van der Waals surface area contributed by atoms with Crippen LogP contribution in [0.5, 0.6) is 0 Å². The third-order valence-electron chi connectivity index (χ3n) is 4.96. The maximum Gasteiger partial charge on any atom is 0.240 e. The highest BCUT2D eigenvalue weighted by Gasteiger charge is 2.31. The summed E-state index contributed by atoms with van der Waals surface area (Å²) in [5.41, 5.74) is 1.18. The van der Waals surface area contributed by atoms with E-state index in [9.17, 15) is 4.79 Å². The minimum Gasteiger partial charge on any atom is -0.353 e. The first-order valence-electron chi connectivity index (χ1n) is 9.14. The van der Waals surface area contributed by atoms with Gasteiger partial charge in [0.1, 0.15) is 0 Å². The second-order valence-electron chi connectivity index (χ2n) is 7.10. The van der Waals surface area contributed by atoms with Crippen molar-refractivity contribution in [2.75, 3.05) is 13.1 Å². The molecule has 0 unspecified atom stereocenters. The van der Waals surface area contributed by atoms with Crippen LogP contribution in [0, 0.1) is 5.92 Å². The standard InChI is InChI=1S/C19H24N4O2/c24-19(15-6-7-15)20-16-8-10-23(11-9-16)13-18-21-17(22-25-18)12-14-4-2-1-3-5-14/h1-5,15-16H,6-13H2,(H,20,24). The van der Waals surface area contributed by atoms with Gasteiger partial charge in [0.15, 0.2) is 5.82 Å². The van der Waals surface area contributed by atoms with E-state index in [1.807, 2.05) is 18.2 Å². The summed E-state index contributed by atoms with van der Waals surface area (Å²) in [5.74, 6) is 1.94. The van der Waals surface area contributed by atoms with Crippen molar-refractivity contribution in [2.45, 2.75) is 44.7 Å². The summed E-state index contributed by atoms with van der Waals surface area (Å²) in [6.45, 7) is 2.59. The van der Waals surface area contributed by atoms with Gasteiger partial charge in [-0.2, -0.15) is 4.98 Å². The zero-order chi connectivity index (χ0) is 17.1. The molecular weight excluding hydrogens is 316 g/mol. The summed E-state index contributed by atoms with van der Waals surface area (Å²) in [6, 6.07) is 10.5. The number of nitrogens with zero attached hydrogens (tertiary/aromatic N) is 3. The molecule has 1 N–H and O–H groups in total. The van der Waals surface area contributed by atoms with Crippen molar-refractivity contribution in [1.29, 1.82) is 0 Å². The van der Waals surface area contributed by atoms with Gasteiger partial charge >= 0.3 is 0 Å². The molecule has 2 aliphatic rings. The van der Waals surface area contributed by atoms with Gasteiger partial charge in [-0.25, -0.2) is 0 Å². The van der Waals surface area contributed by atoms with Crippen LogP contribution in [0.4, 0.5) is 0 Å². The first kappa shape index (κ1) is 16.3. The normalized spacial score (nSPS) is 19.0. The van der Waals surface area contributed by atoms with E-state index < -0.39 is 0 Å². The SMILES string of the molecule is O=C(NC1CCN(Cc2nc(Cc3ccccc3)no2)CC1)C1CC1. The highest BCUT2D eigenvalue weighted by atomic mass is 16.5. The average molecular weight is 340 g/mol. The molecule has 2 aromatic rings. The van der Waals surface area contributed by atoms with Crippen LogP contribution in [-0.2, 0) is 17.8 Å². The Morgan fingerprint density at radius 1 is 1.16 bits per heavy atom. The van der Waals surface area contributed by atoms with Crippen molar-refractivity contribution in [3.05, 3.63) is 47.6 Å². The molecule has 6 nitrogen and oxygen atoms in total. The van der Waals surface area contributed by atoms with Crippen molar-refractivity contribution in [3.8, 4) is 0 Å². The molecule has 25 heavy (non-hydrogen) atoms. The number of rotatable bonds is 6. The number of carbonyl (C=O) groups is 1. The number of piperidine rings is 1. The predicted molar refractivity (Wildman–Crippen MR) is 92.7 cm³/mol. The second kappa shape index (κ2) is 7.35. The topological polar surface area (TPSA) is 71.3 Å². The Morgan fingerprint density at radius 2 is 1.92 bits per heavy atom. The summed E-state index contributed by atoms with van der Waals surface area (Å²) in [7, 11) is 0. The van der Waals surface area contributed by atoms with Gasteiger partial charge in [0.2, 0.25) is 11.8 Å². The quantitative estimate of drug-likeness (QED) is 0.872. The second-order valence-corrected chi connectivity index (χ2v) is 7.10. The van der Waals surface area contributed by atoms with Gasteiger partial charge in [-0.1, -0.05) is 35.5 Å². The Balaban J connectivity index is 1.24. The molecule has 6 heteroatoms. The summed E-state index contributed by atoms with van der Waals surface area (Å²) in [4.78, 5) is 18.7. The predicted octanol–water partition coefficient (Wildman–Crippen LogP) is 2.15. The highest BCUT2D eigenvalue weighted by molar-refractivity contribution is 5.81. The van der Waals surface area contributed by atoms with E-state index in [4.69, 9.17) is 4.52 Å². The molecule has 1 saturated heterocycles. The van der Waals surface area contributed by atoms with Crippen molar-refractivity contribution < 1.29 is 9.32 Å². The van der Waals surface area contributed by atoms with Crippen molar-refractivity contribution in [3.63, 3.8) is 0 Å². The zero-order valence-electron chi connectivity index (χ0n) is 14.4. The number of benzene rings is 1. The van der Waals surface area contributed by atoms with Crippen LogP contribution in [0.2, 0.25) is 0 Å². The van der Waals surface area contributed by atoms with Gasteiger partial charge in [0, 0.05) is 31.5 Å². The molecular formula is C19H24N4O2. The largest absolute Gasteiger partial charge is 0.353 e. The lowest BCUT2D eigenvalue weighted by molar-refractivity contribution is -0.123. The van der Waals surface area contributed by atoms with Crippen LogP contribution >= 0.6 is 0 Å². The van der Waals surface area contributed by atoms with Crippen LogP contribution in [-0.4, -0.2) is 40.1 Å². The van der Waals surface area contributed by atoms with Crippen LogP contribution in [0.1, 0.15) is 43.0 Å². The average Bonchev–Trinajstić information content (AvgIpc) is 3.40. The minimum atomic E-state index is 0.251. The molecule has 1 saturated carbocycles. The van der Waals surface area contributed by atoms with E-state index in [1.165, 1.54) is 5.56 Å². The Bertz CT molecular complexity index is 703. The van der Waals surface area contributed by atoms with E-state index in [1.54, 1.807) is 0 Å². The fourth-order valence-corrected chi connectivity index (χ4v) is 3.30. The lowest BCUT2D eigenvalue weighted by Crippen LogP contribution is -2.44. The molecule has 1 amide bonds. The number of carbonyl (C=O) groups excluding carboxylic acids is 1. The van der Waals surface area contributed by atoms with E-state index >= 15 is 0 Å². The molecule has 2 fully saturated rings. The number of hydrogen-bond acceptors (Lipinski definition) is 5. The summed E-state index contributed by atoms with van der Waals surface area (Å²) < 4.78 is 5.40. The van der Waals surface area contributed by atoms with Gasteiger partial charge in [0.25, 0.3) is 0 Å². The van der Waals surface area contributed by atoms with Gasteiger partial charge in [0.05, 0.1) is 6.54 Å². The third kappa shape index (κ3) is 4.45. The molecule has 132 valence electrons. The van der Waals surface area contributed by atoms with Crippen molar-refractivity contribution in [2.24, 2.45) is 5.92 Å². The molecule has 0 radical (unpaired) electrons. The van der Waals surface area contributed by atoms with Crippen LogP contribution in [0.15, 0.2) is 34.9 Å². The number of likely N-dealkylation sites (tertiary alicyclic amines) is 1. The van der Waals surface area contributed by atoms with Gasteiger partial charge in [-0.15, -0.1) is 0 Å². The van der Waals surface area contributed by atoms with Gasteiger partial charge in [-0.3, -0.25) is 9.69 Å². The lowest BCUT2D eigenvalue weighted by atomic mass is 10.0. The third-order valence-corrected chi connectivity index (χ3v) is 4.96. The molecule has 1 aromatic carbocycles. The van der Waals surface area contributed by atoms with Crippen molar-refractivity contribution in [1.82, 2.24) is 20.4 Å². The van der Waals surface area contributed by atoms with Gasteiger partial charge < -0.3 is 9.84 Å². The first-order valence-corrected chi connectivity index (χ1v) is 9.14. The van der Waals surface area contributed by atoms with Crippen molar-refractivity contribution >= 4 is 5.91 Å². The fraction of sp³-hybridized carbons (Fsp3) is 0.526. The molecule has 2 heterocycles. The van der Waals surface area contributed by atoms with Crippen LogP contribution in [0.25, 0.3) is 0 Å². The van der Waals surface area contributed by atoms with Gasteiger partial charge in [-0.05, 0) is 31.2 Å². The number of amides is 1. The summed E-state index contributed by atoms with van der Waals surface area (Å²) in [6.07, 6.45) is 4.80. The van der Waals surface area contributed by atoms with Crippen LogP contribution < -0.4 is 5.32 Å². The maximum absolute atomic E-state index is 11.8. The maximum atomic E-state index is 11.8. The lowest BCUT2D eigenvalue weighted by Gasteiger charge is -2.31. The Kier molecular flexibility index (Phi) is 4.78. The zero-order valence-corrected chi connectivity index (χ0v) is 14.4. The molecule has 4 rings (SSSR count). The van der Waals surface area contributed by atoms with E-state index in [0.29, 0.717) is 30.8 Å². The van der Waals surface area contributed by atoms with E-state index in [-0.39, 0.29) is 5.91 Å². The molecule has 1 aliphatic heterocycles. The molecule has 0 spiro atoms. The monoisotopic (exact) mass is 340 g/mol. The van der Waals surface area contributed by atoms with E-state index in [0.717, 1.165) is 44.6 Å². The summed E-state index contributed by atoms with van der Waals surface area (Å²) in [5, 5.41) is 7.27. The van der Waals surface area contributed by atoms with Crippen LogP contribution in [0.3, 0.4) is 0 Å². The Hall–Kier alpha value is -2.21. The fourth-order valence-electron chi connectivity index (χ4n) is 3.30. The Labute approximate surface area is 147 Å². The highest BCUT2D eigenvalue weighted by Crippen LogP contribution is 2.29. The van der Waals surface area contributed by atoms with E-state index in [2.05, 4.69) is 32.5 Å². The first-order chi connectivity index (χ1) is 12.3. The number of hydrogen-bond donors (Lipinski definition) is 1. The minimum absolute atomic E-state index is 0.251. The molecule has 1 aromatic heterocycles. The molecule has 0 bridgehead atoms. The summed E-state index contributed by atoms with van der Waals surface area (Å²) >= 11 is 0. The molecule has 0 atom stereocenters. The number of nitrogens with one attached hydrogen (secondary N) is 1.